The van der Waals surface area contributed by atoms with Crippen LogP contribution >= 0.6 is 0 Å². The third kappa shape index (κ3) is 1.72. The third-order valence-electron chi connectivity index (χ3n) is 3.71. The second-order valence-electron chi connectivity index (χ2n) is 4.82. The van der Waals surface area contributed by atoms with E-state index in [4.69, 9.17) is 10.5 Å². The van der Waals surface area contributed by atoms with Crippen molar-refractivity contribution in [2.45, 2.75) is 6.92 Å². The van der Waals surface area contributed by atoms with E-state index in [0.29, 0.717) is 5.82 Å². The van der Waals surface area contributed by atoms with Crippen molar-refractivity contribution in [1.29, 1.82) is 0 Å². The SMILES string of the molecule is COc1ccc2ccccc2c1-c1nc(C)n(C)c1N. The summed E-state index contributed by atoms with van der Waals surface area (Å²) in [5, 5.41) is 2.24. The lowest BCUT2D eigenvalue weighted by molar-refractivity contribution is 0.417. The molecule has 3 aromatic rings. The molecular weight excluding hydrogens is 250 g/mol. The standard InChI is InChI=1S/C16H17N3O/c1-10-18-15(16(17)19(10)2)14-12-7-5-4-6-11(12)8-9-13(14)20-3/h4-9H,17H2,1-3H3. The minimum atomic E-state index is 0.650. The number of anilines is 1. The second-order valence-corrected chi connectivity index (χ2v) is 4.82. The van der Waals surface area contributed by atoms with Gasteiger partial charge < -0.3 is 15.0 Å². The third-order valence-corrected chi connectivity index (χ3v) is 3.71. The summed E-state index contributed by atoms with van der Waals surface area (Å²) in [6.07, 6.45) is 0. The predicted molar refractivity (Wildman–Crippen MR) is 81.9 cm³/mol. The number of nitrogens with zero attached hydrogens (tertiary/aromatic N) is 2. The van der Waals surface area contributed by atoms with Crippen molar-refractivity contribution in [2.75, 3.05) is 12.8 Å². The molecule has 0 radical (unpaired) electrons. The first-order valence-corrected chi connectivity index (χ1v) is 6.48. The quantitative estimate of drug-likeness (QED) is 0.776. The maximum Gasteiger partial charge on any atom is 0.131 e. The van der Waals surface area contributed by atoms with Crippen molar-refractivity contribution in [1.82, 2.24) is 9.55 Å². The Hall–Kier alpha value is -2.49. The summed E-state index contributed by atoms with van der Waals surface area (Å²) in [5.41, 5.74) is 7.92. The van der Waals surface area contributed by atoms with Crippen molar-refractivity contribution in [2.24, 2.45) is 7.05 Å². The van der Waals surface area contributed by atoms with Crippen LogP contribution in [0.15, 0.2) is 36.4 Å². The van der Waals surface area contributed by atoms with Crippen molar-refractivity contribution in [3.8, 4) is 17.0 Å². The zero-order valence-electron chi connectivity index (χ0n) is 11.8. The molecule has 0 bridgehead atoms. The average Bonchev–Trinajstić information content (AvgIpc) is 2.73. The number of nitrogens with two attached hydrogens (primary N) is 1. The molecule has 0 fully saturated rings. The zero-order chi connectivity index (χ0) is 14.3. The summed E-state index contributed by atoms with van der Waals surface area (Å²) >= 11 is 0. The molecule has 0 saturated carbocycles. The van der Waals surface area contributed by atoms with Gasteiger partial charge in [0, 0.05) is 7.05 Å². The molecule has 0 unspecified atom stereocenters. The van der Waals surface area contributed by atoms with E-state index >= 15 is 0 Å². The number of nitrogen functional groups attached to an aromatic ring is 1. The molecule has 4 heteroatoms. The van der Waals surface area contributed by atoms with Gasteiger partial charge in [-0.15, -0.1) is 0 Å². The smallest absolute Gasteiger partial charge is 0.131 e. The Labute approximate surface area is 117 Å². The Kier molecular flexibility index (Phi) is 2.86. The Morgan fingerprint density at radius 2 is 1.90 bits per heavy atom. The molecule has 1 aromatic heterocycles. The normalized spacial score (nSPS) is 10.9. The lowest BCUT2D eigenvalue weighted by Crippen LogP contribution is -1.99. The highest BCUT2D eigenvalue weighted by Crippen LogP contribution is 2.39. The van der Waals surface area contributed by atoms with Gasteiger partial charge in [0.25, 0.3) is 0 Å². The van der Waals surface area contributed by atoms with Gasteiger partial charge in [-0.25, -0.2) is 4.98 Å². The summed E-state index contributed by atoms with van der Waals surface area (Å²) in [4.78, 5) is 4.60. The Morgan fingerprint density at radius 1 is 1.15 bits per heavy atom. The number of ether oxygens (including phenoxy) is 1. The Bertz CT molecular complexity index is 790. The Morgan fingerprint density at radius 3 is 2.55 bits per heavy atom. The lowest BCUT2D eigenvalue weighted by atomic mass is 10.0. The predicted octanol–water partition coefficient (Wildman–Crippen LogP) is 3.14. The van der Waals surface area contributed by atoms with Crippen molar-refractivity contribution in [3.63, 3.8) is 0 Å². The van der Waals surface area contributed by atoms with E-state index in [1.54, 1.807) is 7.11 Å². The van der Waals surface area contributed by atoms with Gasteiger partial charge in [0.05, 0.1) is 12.7 Å². The van der Waals surface area contributed by atoms with Gasteiger partial charge in [-0.2, -0.15) is 0 Å². The number of rotatable bonds is 2. The van der Waals surface area contributed by atoms with E-state index in [1.165, 1.54) is 0 Å². The molecule has 1 heterocycles. The topological polar surface area (TPSA) is 53.1 Å². The molecule has 0 amide bonds. The number of imidazole rings is 1. The van der Waals surface area contributed by atoms with Crippen LogP contribution in [0, 0.1) is 6.92 Å². The van der Waals surface area contributed by atoms with Gasteiger partial charge in [0.15, 0.2) is 0 Å². The van der Waals surface area contributed by atoms with E-state index < -0.39 is 0 Å². The first kappa shape index (κ1) is 12.5. The molecule has 0 aliphatic rings. The minimum absolute atomic E-state index is 0.650. The van der Waals surface area contributed by atoms with Gasteiger partial charge in [-0.3, -0.25) is 0 Å². The number of benzene rings is 2. The molecular formula is C16H17N3O. The molecule has 4 nitrogen and oxygen atoms in total. The van der Waals surface area contributed by atoms with Crippen LogP contribution in [0.4, 0.5) is 5.82 Å². The molecule has 0 aliphatic heterocycles. The maximum atomic E-state index is 6.19. The summed E-state index contributed by atoms with van der Waals surface area (Å²) in [7, 11) is 3.58. The van der Waals surface area contributed by atoms with Gasteiger partial charge in [-0.1, -0.05) is 30.3 Å². The van der Waals surface area contributed by atoms with Gasteiger partial charge in [-0.05, 0) is 23.8 Å². The number of aryl methyl sites for hydroxylation is 1. The zero-order valence-corrected chi connectivity index (χ0v) is 11.8. The van der Waals surface area contributed by atoms with Crippen molar-refractivity contribution >= 4 is 16.6 Å². The van der Waals surface area contributed by atoms with Gasteiger partial charge in [0.2, 0.25) is 0 Å². The van der Waals surface area contributed by atoms with Crippen LogP contribution in [0.5, 0.6) is 5.75 Å². The largest absolute Gasteiger partial charge is 0.496 e. The molecule has 102 valence electrons. The fourth-order valence-electron chi connectivity index (χ4n) is 2.48. The molecule has 2 N–H and O–H groups in total. The molecule has 0 aliphatic carbocycles. The van der Waals surface area contributed by atoms with Crippen LogP contribution in [0.1, 0.15) is 5.82 Å². The van der Waals surface area contributed by atoms with E-state index in [-0.39, 0.29) is 0 Å². The van der Waals surface area contributed by atoms with E-state index in [2.05, 4.69) is 17.1 Å². The van der Waals surface area contributed by atoms with E-state index in [9.17, 15) is 0 Å². The molecule has 2 aromatic carbocycles. The van der Waals surface area contributed by atoms with Crippen LogP contribution in [-0.4, -0.2) is 16.7 Å². The highest BCUT2D eigenvalue weighted by atomic mass is 16.5. The summed E-state index contributed by atoms with van der Waals surface area (Å²) < 4.78 is 7.39. The van der Waals surface area contributed by atoms with Crippen molar-refractivity contribution < 1.29 is 4.74 Å². The monoisotopic (exact) mass is 267 g/mol. The first-order chi connectivity index (χ1) is 9.63. The van der Waals surface area contributed by atoms with Crippen LogP contribution in [-0.2, 0) is 7.05 Å². The highest BCUT2D eigenvalue weighted by molar-refractivity contribution is 6.00. The molecule has 20 heavy (non-hydrogen) atoms. The van der Waals surface area contributed by atoms with Crippen LogP contribution in [0.25, 0.3) is 22.0 Å². The van der Waals surface area contributed by atoms with Gasteiger partial charge in [0.1, 0.15) is 23.1 Å². The number of hydrogen-bond acceptors (Lipinski definition) is 3. The van der Waals surface area contributed by atoms with Crippen LogP contribution < -0.4 is 10.5 Å². The molecule has 0 atom stereocenters. The maximum absolute atomic E-state index is 6.19. The minimum Gasteiger partial charge on any atom is -0.496 e. The first-order valence-electron chi connectivity index (χ1n) is 6.48. The van der Waals surface area contributed by atoms with E-state index in [1.807, 2.05) is 42.8 Å². The van der Waals surface area contributed by atoms with Crippen molar-refractivity contribution in [3.05, 3.63) is 42.2 Å². The lowest BCUT2D eigenvalue weighted by Gasteiger charge is -2.11. The van der Waals surface area contributed by atoms with E-state index in [0.717, 1.165) is 33.6 Å². The van der Waals surface area contributed by atoms with Crippen LogP contribution in [0.2, 0.25) is 0 Å². The average molecular weight is 267 g/mol. The van der Waals surface area contributed by atoms with Crippen LogP contribution in [0.3, 0.4) is 0 Å². The molecule has 0 spiro atoms. The highest BCUT2D eigenvalue weighted by Gasteiger charge is 2.18. The molecule has 0 saturated heterocycles. The number of fused-ring (bicyclic) bond motifs is 1. The number of hydrogen-bond donors (Lipinski definition) is 1. The fourth-order valence-corrected chi connectivity index (χ4v) is 2.48. The number of methoxy groups -OCH3 is 1. The Balaban J connectivity index is 2.41. The number of aromatic nitrogens is 2. The summed E-state index contributed by atoms with van der Waals surface area (Å²) in [6, 6.07) is 12.2. The second kappa shape index (κ2) is 4.56. The molecule has 3 rings (SSSR count). The summed E-state index contributed by atoms with van der Waals surface area (Å²) in [6.45, 7) is 1.94. The summed E-state index contributed by atoms with van der Waals surface area (Å²) in [5.74, 6) is 2.32. The van der Waals surface area contributed by atoms with Gasteiger partial charge >= 0.3 is 0 Å². The fraction of sp³-hybridized carbons (Fsp3) is 0.188.